The van der Waals surface area contributed by atoms with E-state index in [2.05, 4.69) is 21.3 Å². The minimum Gasteiger partial charge on any atom is -0.495 e. The van der Waals surface area contributed by atoms with Gasteiger partial charge < -0.3 is 10.5 Å². The summed E-state index contributed by atoms with van der Waals surface area (Å²) in [4.78, 5) is 4.16. The van der Waals surface area contributed by atoms with E-state index in [1.54, 1.807) is 31.6 Å². The lowest BCUT2D eigenvalue weighted by Crippen LogP contribution is -2.03. The van der Waals surface area contributed by atoms with Crippen LogP contribution in [0.15, 0.2) is 54.9 Å². The van der Waals surface area contributed by atoms with Crippen molar-refractivity contribution in [1.29, 1.82) is 5.26 Å². The summed E-state index contributed by atoms with van der Waals surface area (Å²) in [7, 11) is 1.57. The summed E-state index contributed by atoms with van der Waals surface area (Å²) in [5.74, 6) is 0.601. The predicted molar refractivity (Wildman–Crippen MR) is 127 cm³/mol. The summed E-state index contributed by atoms with van der Waals surface area (Å²) in [5.41, 5.74) is 10.2. The molecule has 0 spiro atoms. The van der Waals surface area contributed by atoms with Gasteiger partial charge in [0.2, 0.25) is 0 Å². The van der Waals surface area contributed by atoms with Crippen LogP contribution in [0.1, 0.15) is 16.8 Å². The Morgan fingerprint density at radius 2 is 1.94 bits per heavy atom. The normalized spacial score (nSPS) is 9.97. The molecule has 4 rings (SSSR count). The van der Waals surface area contributed by atoms with Crippen LogP contribution in [0.25, 0.3) is 22.0 Å². The van der Waals surface area contributed by atoms with Gasteiger partial charge in [0.25, 0.3) is 0 Å². The fourth-order valence-corrected chi connectivity index (χ4v) is 3.57. The number of anilines is 1. The van der Waals surface area contributed by atoms with E-state index in [-0.39, 0.29) is 24.8 Å². The number of fused-ring (bicyclic) bond motifs is 1. The number of nitriles is 1. The molecule has 2 aromatic heterocycles. The van der Waals surface area contributed by atoms with Crippen molar-refractivity contribution in [2.45, 2.75) is 6.42 Å². The van der Waals surface area contributed by atoms with Gasteiger partial charge >= 0.3 is 0 Å². The second-order valence-corrected chi connectivity index (χ2v) is 6.85. The number of hydrogen-bond acceptors (Lipinski definition) is 6. The lowest BCUT2D eigenvalue weighted by Gasteiger charge is -2.13. The quantitative estimate of drug-likeness (QED) is 0.406. The molecule has 2 aromatic carbocycles. The van der Waals surface area contributed by atoms with Crippen LogP contribution >= 0.6 is 36.4 Å². The first-order chi connectivity index (χ1) is 14.1. The van der Waals surface area contributed by atoms with Crippen molar-refractivity contribution in [2.24, 2.45) is 0 Å². The van der Waals surface area contributed by atoms with E-state index in [0.717, 1.165) is 16.5 Å². The third-order valence-electron chi connectivity index (χ3n) is 4.70. The maximum Gasteiger partial charge on any atom is 0.137 e. The Morgan fingerprint density at radius 1 is 1.13 bits per heavy atom. The van der Waals surface area contributed by atoms with E-state index in [4.69, 9.17) is 22.1 Å². The summed E-state index contributed by atoms with van der Waals surface area (Å²) >= 11 is 6.26. The first-order valence-electron chi connectivity index (χ1n) is 8.83. The van der Waals surface area contributed by atoms with Crippen molar-refractivity contribution < 1.29 is 4.74 Å². The van der Waals surface area contributed by atoms with E-state index in [9.17, 15) is 5.26 Å². The first kappa shape index (κ1) is 24.2. The van der Waals surface area contributed by atoms with Crippen LogP contribution in [0.5, 0.6) is 5.75 Å². The minimum atomic E-state index is 0. The molecule has 0 aliphatic carbocycles. The van der Waals surface area contributed by atoms with Crippen molar-refractivity contribution in [3.63, 3.8) is 0 Å². The number of halogens is 3. The number of nitrogens with two attached hydrogens (primary N) is 1. The molecule has 0 aliphatic rings. The van der Waals surface area contributed by atoms with Crippen molar-refractivity contribution in [2.75, 3.05) is 12.8 Å². The van der Waals surface area contributed by atoms with Gasteiger partial charge in [-0.1, -0.05) is 23.7 Å². The van der Waals surface area contributed by atoms with Crippen molar-refractivity contribution in [1.82, 2.24) is 15.2 Å². The molecule has 158 valence electrons. The van der Waals surface area contributed by atoms with E-state index in [0.29, 0.717) is 45.2 Å². The monoisotopic (exact) mass is 473 g/mol. The van der Waals surface area contributed by atoms with E-state index in [1.165, 1.54) is 0 Å². The van der Waals surface area contributed by atoms with Crippen molar-refractivity contribution in [3.8, 4) is 23.1 Å². The molecule has 9 heteroatoms. The number of nitrogen functional groups attached to an aromatic ring is 1. The molecule has 0 bridgehead atoms. The summed E-state index contributed by atoms with van der Waals surface area (Å²) in [6.07, 6.45) is 3.88. The summed E-state index contributed by atoms with van der Waals surface area (Å²) in [6.45, 7) is 0. The van der Waals surface area contributed by atoms with Crippen LogP contribution in [0.3, 0.4) is 0 Å². The summed E-state index contributed by atoms with van der Waals surface area (Å²) < 4.78 is 5.21. The van der Waals surface area contributed by atoms with Gasteiger partial charge in [0.1, 0.15) is 17.5 Å². The Morgan fingerprint density at radius 3 is 2.58 bits per heavy atom. The SMILES string of the molecule is COc1ccc(Cc2nnc(-c3cccnc3)c3ccc(C#N)c(N)c23)cc1Cl.Cl.Cl. The highest BCUT2D eigenvalue weighted by molar-refractivity contribution is 6.32. The Kier molecular flexibility index (Phi) is 8.01. The van der Waals surface area contributed by atoms with Crippen LogP contribution in [0.2, 0.25) is 5.02 Å². The van der Waals surface area contributed by atoms with Gasteiger partial charge in [-0.05, 0) is 35.9 Å². The summed E-state index contributed by atoms with van der Waals surface area (Å²) in [6, 6.07) is 15.0. The number of benzene rings is 2. The molecule has 6 nitrogen and oxygen atoms in total. The van der Waals surface area contributed by atoms with Crippen LogP contribution in [0, 0.1) is 11.3 Å². The number of methoxy groups -OCH3 is 1. The number of hydrogen-bond donors (Lipinski definition) is 1. The molecule has 0 fully saturated rings. The molecule has 2 heterocycles. The molecule has 4 aromatic rings. The van der Waals surface area contributed by atoms with Gasteiger partial charge in [-0.3, -0.25) is 4.98 Å². The topological polar surface area (TPSA) is 97.7 Å². The molecule has 0 aliphatic heterocycles. The van der Waals surface area contributed by atoms with Gasteiger partial charge in [0.15, 0.2) is 0 Å². The third-order valence-corrected chi connectivity index (χ3v) is 5.00. The number of rotatable bonds is 4. The average molecular weight is 475 g/mol. The van der Waals surface area contributed by atoms with Crippen molar-refractivity contribution >= 4 is 52.9 Å². The van der Waals surface area contributed by atoms with E-state index < -0.39 is 0 Å². The minimum absolute atomic E-state index is 0. The van der Waals surface area contributed by atoms with Gasteiger partial charge in [0.05, 0.1) is 29.1 Å². The lowest BCUT2D eigenvalue weighted by molar-refractivity contribution is 0.415. The molecule has 0 atom stereocenters. The number of nitrogens with zero attached hydrogens (tertiary/aromatic N) is 4. The molecular weight excluding hydrogens is 457 g/mol. The molecule has 0 unspecified atom stereocenters. The fraction of sp³-hybridized carbons (Fsp3) is 0.0909. The largest absolute Gasteiger partial charge is 0.495 e. The zero-order valence-corrected chi connectivity index (χ0v) is 18.8. The van der Waals surface area contributed by atoms with Gasteiger partial charge in [-0.2, -0.15) is 10.4 Å². The van der Waals surface area contributed by atoms with Crippen LogP contribution in [0.4, 0.5) is 5.69 Å². The van der Waals surface area contributed by atoms with Crippen molar-refractivity contribution in [3.05, 3.63) is 76.7 Å². The molecule has 2 N–H and O–H groups in total. The molecule has 31 heavy (non-hydrogen) atoms. The van der Waals surface area contributed by atoms with Crippen LogP contribution in [-0.2, 0) is 6.42 Å². The maximum absolute atomic E-state index is 9.43. The van der Waals surface area contributed by atoms with Gasteiger partial charge in [0, 0.05) is 35.2 Å². The fourth-order valence-electron chi connectivity index (χ4n) is 3.29. The second kappa shape index (κ2) is 10.3. The highest BCUT2D eigenvalue weighted by atomic mass is 35.5. The molecular formula is C22H18Cl3N5O. The number of pyridine rings is 1. The van der Waals surface area contributed by atoms with Crippen LogP contribution < -0.4 is 10.5 Å². The van der Waals surface area contributed by atoms with Gasteiger partial charge in [-0.15, -0.1) is 29.9 Å². The smallest absolute Gasteiger partial charge is 0.137 e. The Labute approximate surface area is 196 Å². The second-order valence-electron chi connectivity index (χ2n) is 6.44. The zero-order valence-electron chi connectivity index (χ0n) is 16.4. The average Bonchev–Trinajstić information content (AvgIpc) is 2.75. The third kappa shape index (κ3) is 4.64. The lowest BCUT2D eigenvalue weighted by atomic mass is 9.97. The molecule has 0 saturated carbocycles. The van der Waals surface area contributed by atoms with E-state index >= 15 is 0 Å². The summed E-state index contributed by atoms with van der Waals surface area (Å²) in [5, 5.41) is 20.4. The highest BCUT2D eigenvalue weighted by Crippen LogP contribution is 2.34. The van der Waals surface area contributed by atoms with Crippen LogP contribution in [-0.4, -0.2) is 22.3 Å². The Hall–Kier alpha value is -3.11. The molecule has 0 amide bonds. The van der Waals surface area contributed by atoms with Gasteiger partial charge in [-0.25, -0.2) is 0 Å². The number of aromatic nitrogens is 3. The highest BCUT2D eigenvalue weighted by Gasteiger charge is 2.17. The predicted octanol–water partition coefficient (Wildman–Crippen LogP) is 5.24. The Bertz CT molecular complexity index is 1260. The standard InChI is InChI=1S/C22H16ClN5O.2ClH/c1-29-19-7-4-13(9-17(19)23)10-18-20-16(6-5-14(11-24)21(20)25)22(28-27-18)15-3-2-8-26-12-15;;/h2-9,12H,10,25H2,1H3;2*1H. The molecule has 0 radical (unpaired) electrons. The zero-order chi connectivity index (χ0) is 20.4. The maximum atomic E-state index is 9.43. The number of ether oxygens (including phenoxy) is 1. The first-order valence-corrected chi connectivity index (χ1v) is 9.21. The Balaban J connectivity index is 0.00000171. The molecule has 0 saturated heterocycles. The van der Waals surface area contributed by atoms with E-state index in [1.807, 2.05) is 30.3 Å².